The maximum absolute atomic E-state index is 12.9. The number of rotatable bonds is 5. The van der Waals surface area contributed by atoms with Crippen LogP contribution in [0.25, 0.3) is 21.9 Å². The lowest BCUT2D eigenvalue weighted by Gasteiger charge is -2.34. The van der Waals surface area contributed by atoms with E-state index in [4.69, 9.17) is 0 Å². The number of aromatic nitrogens is 3. The minimum Gasteiger partial charge on any atom is -0.349 e. The fourth-order valence-corrected chi connectivity index (χ4v) is 4.29. The van der Waals surface area contributed by atoms with Crippen molar-refractivity contribution in [3.63, 3.8) is 0 Å². The molecule has 0 bridgehead atoms. The number of benzene rings is 2. The highest BCUT2D eigenvalue weighted by Crippen LogP contribution is 2.19. The molecule has 4 aromatic rings. The van der Waals surface area contributed by atoms with E-state index in [1.54, 1.807) is 0 Å². The van der Waals surface area contributed by atoms with Gasteiger partial charge in [-0.05, 0) is 11.6 Å². The van der Waals surface area contributed by atoms with Crippen molar-refractivity contribution in [3.05, 3.63) is 81.0 Å². The number of nitrogens with one attached hydrogen (secondary N) is 2. The average Bonchev–Trinajstić information content (AvgIpc) is 3.14. The summed E-state index contributed by atoms with van der Waals surface area (Å²) in [4.78, 5) is 36.3. The lowest BCUT2D eigenvalue weighted by molar-refractivity contribution is 0.123. The predicted molar refractivity (Wildman–Crippen MR) is 119 cm³/mol. The molecule has 0 saturated carbocycles. The highest BCUT2D eigenvalue weighted by atomic mass is 16.2. The quantitative estimate of drug-likeness (QED) is 0.534. The SMILES string of the molecule is O=c1[nH]c2c([nH]c3ccccc32)c(=O)n1CCN1CCN(Cc2ccccc2)CC1. The fourth-order valence-electron chi connectivity index (χ4n) is 4.29. The summed E-state index contributed by atoms with van der Waals surface area (Å²) in [6.07, 6.45) is 0. The largest absolute Gasteiger partial charge is 0.349 e. The second kappa shape index (κ2) is 7.93. The Kier molecular flexibility index (Phi) is 4.98. The maximum atomic E-state index is 12.9. The van der Waals surface area contributed by atoms with Crippen LogP contribution in [0.1, 0.15) is 5.56 Å². The van der Waals surface area contributed by atoms with Crippen LogP contribution in [0.5, 0.6) is 0 Å². The molecule has 1 aliphatic rings. The first-order valence-corrected chi connectivity index (χ1v) is 10.4. The Labute approximate surface area is 173 Å². The highest BCUT2D eigenvalue weighted by molar-refractivity contribution is 6.04. The molecular weight excluding hydrogens is 378 g/mol. The molecule has 5 rings (SSSR count). The second-order valence-corrected chi connectivity index (χ2v) is 7.91. The number of hydrogen-bond acceptors (Lipinski definition) is 4. The van der Waals surface area contributed by atoms with Gasteiger partial charge in [-0.2, -0.15) is 0 Å². The number of aromatic amines is 2. The summed E-state index contributed by atoms with van der Waals surface area (Å²) in [5.41, 5.74) is 2.63. The minimum atomic E-state index is -0.347. The third-order valence-electron chi connectivity index (χ3n) is 6.00. The number of para-hydroxylation sites is 1. The number of piperazine rings is 1. The van der Waals surface area contributed by atoms with Crippen LogP contribution >= 0.6 is 0 Å². The van der Waals surface area contributed by atoms with Crippen molar-refractivity contribution in [1.29, 1.82) is 0 Å². The Hall–Kier alpha value is -3.16. The van der Waals surface area contributed by atoms with Gasteiger partial charge in [0.1, 0.15) is 5.52 Å². The molecule has 0 amide bonds. The normalized spacial score (nSPS) is 15.9. The van der Waals surface area contributed by atoms with E-state index in [9.17, 15) is 9.59 Å². The van der Waals surface area contributed by atoms with Crippen LogP contribution in [0.4, 0.5) is 0 Å². The summed E-state index contributed by atoms with van der Waals surface area (Å²) in [5, 5.41) is 0.864. The monoisotopic (exact) mass is 403 g/mol. The number of H-pyrrole nitrogens is 2. The zero-order valence-corrected chi connectivity index (χ0v) is 16.8. The molecule has 30 heavy (non-hydrogen) atoms. The summed E-state index contributed by atoms with van der Waals surface area (Å²) in [6, 6.07) is 18.1. The van der Waals surface area contributed by atoms with Gasteiger partial charge in [-0.25, -0.2) is 4.79 Å². The minimum absolute atomic E-state index is 0.257. The summed E-state index contributed by atoms with van der Waals surface area (Å²) >= 11 is 0. The van der Waals surface area contributed by atoms with E-state index in [-0.39, 0.29) is 11.2 Å². The van der Waals surface area contributed by atoms with Gasteiger partial charge in [-0.1, -0.05) is 48.5 Å². The summed E-state index contributed by atoms with van der Waals surface area (Å²) < 4.78 is 1.31. The first-order chi connectivity index (χ1) is 14.7. The lowest BCUT2D eigenvalue weighted by Crippen LogP contribution is -2.48. The smallest absolute Gasteiger partial charge is 0.328 e. The van der Waals surface area contributed by atoms with Crippen molar-refractivity contribution >= 4 is 21.9 Å². The summed E-state index contributed by atoms with van der Waals surface area (Å²) in [6.45, 7) is 5.89. The predicted octanol–water partition coefficient (Wildman–Crippen LogP) is 1.99. The molecule has 1 fully saturated rings. The molecule has 2 aromatic heterocycles. The van der Waals surface area contributed by atoms with Gasteiger partial charge in [0.25, 0.3) is 5.56 Å². The van der Waals surface area contributed by atoms with Crippen LogP contribution in [-0.4, -0.2) is 57.1 Å². The molecule has 1 saturated heterocycles. The molecule has 3 heterocycles. The van der Waals surface area contributed by atoms with E-state index in [1.807, 2.05) is 30.3 Å². The molecule has 7 nitrogen and oxygen atoms in total. The van der Waals surface area contributed by atoms with E-state index < -0.39 is 0 Å². The highest BCUT2D eigenvalue weighted by Gasteiger charge is 2.18. The third-order valence-corrected chi connectivity index (χ3v) is 6.00. The van der Waals surface area contributed by atoms with Gasteiger partial charge in [0, 0.05) is 56.7 Å². The second-order valence-electron chi connectivity index (χ2n) is 7.91. The zero-order valence-electron chi connectivity index (χ0n) is 16.8. The fraction of sp³-hybridized carbons (Fsp3) is 0.304. The molecule has 154 valence electrons. The van der Waals surface area contributed by atoms with Gasteiger partial charge in [0.2, 0.25) is 0 Å². The Morgan fingerprint density at radius 1 is 0.733 bits per heavy atom. The van der Waals surface area contributed by atoms with Gasteiger partial charge >= 0.3 is 5.69 Å². The molecule has 0 aliphatic carbocycles. The number of hydrogen-bond donors (Lipinski definition) is 2. The van der Waals surface area contributed by atoms with Crippen LogP contribution < -0.4 is 11.2 Å². The summed E-state index contributed by atoms with van der Waals surface area (Å²) in [7, 11) is 0. The maximum Gasteiger partial charge on any atom is 0.328 e. The Bertz CT molecular complexity index is 1280. The molecule has 2 N–H and O–H groups in total. The molecular formula is C23H25N5O2. The average molecular weight is 403 g/mol. The standard InChI is InChI=1S/C23H25N5O2/c29-22-21-20(18-8-4-5-9-19(18)24-21)25-23(30)28(22)15-14-26-10-12-27(13-11-26)16-17-6-2-1-3-7-17/h1-9,24H,10-16H2,(H,25,30). The van der Waals surface area contributed by atoms with Gasteiger partial charge in [-0.15, -0.1) is 0 Å². The van der Waals surface area contributed by atoms with Crippen molar-refractivity contribution in [3.8, 4) is 0 Å². The molecule has 0 unspecified atom stereocenters. The van der Waals surface area contributed by atoms with Gasteiger partial charge < -0.3 is 9.97 Å². The van der Waals surface area contributed by atoms with Crippen molar-refractivity contribution in [2.45, 2.75) is 13.1 Å². The molecule has 7 heteroatoms. The summed E-state index contributed by atoms with van der Waals surface area (Å²) in [5.74, 6) is 0. The number of nitrogens with zero attached hydrogens (tertiary/aromatic N) is 3. The van der Waals surface area contributed by atoms with E-state index in [0.29, 0.717) is 24.1 Å². The number of fused-ring (bicyclic) bond motifs is 3. The Morgan fingerprint density at radius 2 is 1.43 bits per heavy atom. The van der Waals surface area contributed by atoms with Crippen LogP contribution in [-0.2, 0) is 13.1 Å². The van der Waals surface area contributed by atoms with Crippen LogP contribution in [0, 0.1) is 0 Å². The van der Waals surface area contributed by atoms with Crippen LogP contribution in [0.3, 0.4) is 0 Å². The Balaban J connectivity index is 1.26. The van der Waals surface area contributed by atoms with Gasteiger partial charge in [0.05, 0.1) is 5.52 Å². The van der Waals surface area contributed by atoms with Gasteiger partial charge in [-0.3, -0.25) is 19.2 Å². The van der Waals surface area contributed by atoms with E-state index in [0.717, 1.165) is 43.6 Å². The molecule has 0 spiro atoms. The van der Waals surface area contributed by atoms with Crippen molar-refractivity contribution in [2.24, 2.45) is 0 Å². The van der Waals surface area contributed by atoms with E-state index >= 15 is 0 Å². The van der Waals surface area contributed by atoms with E-state index in [2.05, 4.69) is 44.0 Å². The first kappa shape index (κ1) is 18.8. The third kappa shape index (κ3) is 3.58. The van der Waals surface area contributed by atoms with E-state index in [1.165, 1.54) is 10.1 Å². The zero-order chi connectivity index (χ0) is 20.5. The topological polar surface area (TPSA) is 77.1 Å². The van der Waals surface area contributed by atoms with Crippen molar-refractivity contribution in [1.82, 2.24) is 24.3 Å². The molecule has 2 aromatic carbocycles. The van der Waals surface area contributed by atoms with Crippen molar-refractivity contribution in [2.75, 3.05) is 32.7 Å². The van der Waals surface area contributed by atoms with Crippen molar-refractivity contribution < 1.29 is 0 Å². The Morgan fingerprint density at radius 3 is 2.23 bits per heavy atom. The van der Waals surface area contributed by atoms with Crippen LogP contribution in [0.2, 0.25) is 0 Å². The first-order valence-electron chi connectivity index (χ1n) is 10.4. The molecule has 0 radical (unpaired) electrons. The molecule has 1 aliphatic heterocycles. The molecule has 0 atom stereocenters. The van der Waals surface area contributed by atoms with Crippen LogP contribution in [0.15, 0.2) is 64.2 Å². The lowest BCUT2D eigenvalue weighted by atomic mass is 10.2. The van der Waals surface area contributed by atoms with Gasteiger partial charge in [0.15, 0.2) is 0 Å².